The summed E-state index contributed by atoms with van der Waals surface area (Å²) >= 11 is 0. The van der Waals surface area contributed by atoms with Crippen molar-refractivity contribution in [2.45, 2.75) is 93.4 Å². The molecule has 1 aromatic heterocycles. The molecule has 4 nitrogen and oxygen atoms in total. The third kappa shape index (κ3) is 6.78. The van der Waals surface area contributed by atoms with Crippen LogP contribution in [-0.4, -0.2) is 20.9 Å². The van der Waals surface area contributed by atoms with Gasteiger partial charge in [0, 0.05) is 42.4 Å². The molecule has 4 aromatic carbocycles. The van der Waals surface area contributed by atoms with Gasteiger partial charge >= 0.3 is 0 Å². The van der Waals surface area contributed by atoms with E-state index >= 15 is 0 Å². The smallest absolute Gasteiger partial charge is 0.164 e. The third-order valence-corrected chi connectivity index (χ3v) is 11.0. The monoisotopic (exact) mass is 818 g/mol. The van der Waals surface area contributed by atoms with E-state index < -0.39 is 0 Å². The van der Waals surface area contributed by atoms with Crippen molar-refractivity contribution in [3.63, 3.8) is 0 Å². The number of benzene rings is 4. The van der Waals surface area contributed by atoms with Gasteiger partial charge in [-0.1, -0.05) is 109 Å². The van der Waals surface area contributed by atoms with Crippen LogP contribution in [0, 0.1) is 23.8 Å². The molecule has 0 saturated carbocycles. The van der Waals surface area contributed by atoms with Crippen LogP contribution in [0.5, 0.6) is 0 Å². The summed E-state index contributed by atoms with van der Waals surface area (Å²) in [6, 6.07) is 29.4. The first-order chi connectivity index (χ1) is 22.3. The number of aryl methyl sites for hydroxylation is 1. The summed E-state index contributed by atoms with van der Waals surface area (Å²) in [4.78, 5) is 22.0. The van der Waals surface area contributed by atoms with Crippen molar-refractivity contribution in [1.82, 2.24) is 9.97 Å². The number of rotatable bonds is 8. The molecule has 0 atom stereocenters. The molecule has 1 aliphatic carbocycles. The molecule has 253 valence electrons. The number of nitrogens with zero attached hydrogens (tertiary/aromatic N) is 2. The van der Waals surface area contributed by atoms with Gasteiger partial charge in [0.25, 0.3) is 0 Å². The number of aliphatic hydroxyl groups excluding tert-OH is 1. The Hall–Kier alpha value is -3.66. The molecule has 0 spiro atoms. The second-order valence-corrected chi connectivity index (χ2v) is 14.1. The summed E-state index contributed by atoms with van der Waals surface area (Å²) in [6.07, 6.45) is 4.75. The molecular weight excluding hydrogens is 769 g/mol. The number of fused-ring (bicyclic) bond motifs is 5. The van der Waals surface area contributed by atoms with Crippen LogP contribution in [0.4, 0.5) is 0 Å². The Morgan fingerprint density at radius 3 is 1.90 bits per heavy atom. The van der Waals surface area contributed by atoms with E-state index in [4.69, 9.17) is 9.97 Å². The van der Waals surface area contributed by atoms with E-state index in [0.717, 1.165) is 54.0 Å². The maximum Gasteiger partial charge on any atom is 0.164 e. The van der Waals surface area contributed by atoms with E-state index in [1.54, 1.807) is 0 Å². The molecule has 5 aromatic rings. The normalized spacial score (nSPS) is 13.7. The maximum atomic E-state index is 12.2. The largest absolute Gasteiger partial charge is 0.512 e. The zero-order chi connectivity index (χ0) is 34.1. The quantitative estimate of drug-likeness (QED) is 0.0962. The summed E-state index contributed by atoms with van der Waals surface area (Å²) in [5.41, 5.74) is 6.04. The second-order valence-electron chi connectivity index (χ2n) is 14.1. The number of hydrogen-bond donors (Lipinski definition) is 1. The number of carbonyl (C=O) groups excluding carboxylic acids is 1. The van der Waals surface area contributed by atoms with Crippen LogP contribution in [0.2, 0.25) is 0 Å². The predicted molar refractivity (Wildman–Crippen MR) is 197 cm³/mol. The Balaban J connectivity index is 0.000000251. The van der Waals surface area contributed by atoms with Gasteiger partial charge in [-0.15, -0.1) is 29.1 Å². The van der Waals surface area contributed by atoms with Crippen molar-refractivity contribution < 1.29 is 30.0 Å². The van der Waals surface area contributed by atoms with Crippen LogP contribution in [0.3, 0.4) is 0 Å². The van der Waals surface area contributed by atoms with Gasteiger partial charge in [-0.3, -0.25) is 9.78 Å². The van der Waals surface area contributed by atoms with E-state index in [0.29, 0.717) is 0 Å². The van der Waals surface area contributed by atoms with E-state index in [1.165, 1.54) is 38.7 Å². The first-order valence-corrected chi connectivity index (χ1v) is 17.1. The van der Waals surface area contributed by atoms with Crippen molar-refractivity contribution >= 4 is 27.3 Å². The summed E-state index contributed by atoms with van der Waals surface area (Å²) in [5, 5.41) is 15.0. The molecule has 1 N–H and O–H groups in total. The van der Waals surface area contributed by atoms with Crippen molar-refractivity contribution in [3.8, 4) is 22.4 Å². The number of aliphatic hydroxyl groups is 1. The standard InChI is InChI=1S/C28H21N2.C15H28O2.Ir/c1-17-29-26(22-13-12-18-8-4-5-9-19(18)14-22)25-23-15-20-10-6-7-11-21(20)16-24(23)28(2,3)27(25)30-17;1-7-14(5,8-2)12(16)11-13(17)15(6,9-3)10-4;/h4-12,14-16H,1-3H3;11,16H,7-10H2,1-6H3;/q-1;;/b;12-11-;. The average Bonchev–Trinajstić information content (AvgIpc) is 3.30. The Bertz CT molecular complexity index is 1980. The molecule has 6 rings (SSSR count). The van der Waals surface area contributed by atoms with E-state index in [1.807, 2.05) is 48.5 Å². The zero-order valence-corrected chi connectivity index (χ0v) is 32.3. The fraction of sp³-hybridized carbons (Fsp3) is 0.372. The Morgan fingerprint density at radius 2 is 1.33 bits per heavy atom. The Morgan fingerprint density at radius 1 is 0.812 bits per heavy atom. The average molecular weight is 818 g/mol. The van der Waals surface area contributed by atoms with Gasteiger partial charge in [0.1, 0.15) is 11.6 Å². The first-order valence-electron chi connectivity index (χ1n) is 17.1. The first kappa shape index (κ1) is 37.2. The van der Waals surface area contributed by atoms with Gasteiger partial charge in [-0.25, -0.2) is 4.98 Å². The van der Waals surface area contributed by atoms with E-state index in [2.05, 4.69) is 92.7 Å². The summed E-state index contributed by atoms with van der Waals surface area (Å²) in [7, 11) is 0. The number of carbonyl (C=O) groups is 1. The van der Waals surface area contributed by atoms with Gasteiger partial charge in [-0.05, 0) is 77.9 Å². The van der Waals surface area contributed by atoms with Crippen LogP contribution >= 0.6 is 0 Å². The van der Waals surface area contributed by atoms with Crippen molar-refractivity contribution in [3.05, 3.63) is 108 Å². The SMILES string of the molecule is CCC(C)(CC)C(=O)/C=C(\O)C(C)(CC)CC.Cc1nc(-c2[c-]cc3ccccc3c2)c2c(n1)C(C)(C)c1cc3ccccc3cc1-2.[Ir]. The van der Waals surface area contributed by atoms with Crippen LogP contribution in [0.15, 0.2) is 84.6 Å². The molecule has 1 radical (unpaired) electrons. The molecule has 1 aliphatic rings. The van der Waals surface area contributed by atoms with E-state index in [-0.39, 0.29) is 47.9 Å². The molecule has 1 heterocycles. The molecular formula is C43H49IrN2O2-. The van der Waals surface area contributed by atoms with Crippen LogP contribution < -0.4 is 0 Å². The van der Waals surface area contributed by atoms with Gasteiger partial charge < -0.3 is 5.11 Å². The van der Waals surface area contributed by atoms with Crippen LogP contribution in [-0.2, 0) is 30.3 Å². The summed E-state index contributed by atoms with van der Waals surface area (Å²) < 4.78 is 0. The summed E-state index contributed by atoms with van der Waals surface area (Å²) in [6.45, 7) is 18.6. The van der Waals surface area contributed by atoms with Gasteiger partial charge in [-0.2, -0.15) is 0 Å². The molecule has 5 heteroatoms. The molecule has 0 bridgehead atoms. The third-order valence-electron chi connectivity index (χ3n) is 11.0. The molecule has 0 amide bonds. The number of ketones is 1. The summed E-state index contributed by atoms with van der Waals surface area (Å²) in [5.74, 6) is 1.09. The minimum absolute atomic E-state index is 0. The number of allylic oxidation sites excluding steroid dienone is 2. The minimum atomic E-state index is -0.337. The van der Waals surface area contributed by atoms with Crippen molar-refractivity contribution in [1.29, 1.82) is 0 Å². The molecule has 0 saturated heterocycles. The molecule has 0 fully saturated rings. The van der Waals surface area contributed by atoms with Gasteiger partial charge in [0.05, 0.1) is 5.69 Å². The minimum Gasteiger partial charge on any atom is -0.512 e. The van der Waals surface area contributed by atoms with E-state index in [9.17, 15) is 9.90 Å². The molecule has 0 aliphatic heterocycles. The predicted octanol–water partition coefficient (Wildman–Crippen LogP) is 11.5. The molecule has 0 unspecified atom stereocenters. The Kier molecular flexibility index (Phi) is 11.2. The van der Waals surface area contributed by atoms with Gasteiger partial charge in [0.15, 0.2) is 5.78 Å². The molecule has 48 heavy (non-hydrogen) atoms. The topological polar surface area (TPSA) is 63.1 Å². The zero-order valence-electron chi connectivity index (χ0n) is 29.9. The second kappa shape index (κ2) is 14.4. The van der Waals surface area contributed by atoms with Crippen molar-refractivity contribution in [2.75, 3.05) is 0 Å². The van der Waals surface area contributed by atoms with Crippen molar-refractivity contribution in [2.24, 2.45) is 10.8 Å². The van der Waals surface area contributed by atoms with Gasteiger partial charge in [0.2, 0.25) is 0 Å². The van der Waals surface area contributed by atoms with Crippen LogP contribution in [0.1, 0.15) is 98.2 Å². The number of aromatic nitrogens is 2. The van der Waals surface area contributed by atoms with Crippen LogP contribution in [0.25, 0.3) is 43.9 Å². The maximum absolute atomic E-state index is 12.2. The Labute approximate surface area is 300 Å². The fourth-order valence-corrected chi connectivity index (χ4v) is 6.51. The fourth-order valence-electron chi connectivity index (χ4n) is 6.51. The number of hydrogen-bond acceptors (Lipinski definition) is 4.